The van der Waals surface area contributed by atoms with E-state index in [1.807, 2.05) is 66.4 Å². The SMILES string of the molecule is Cc1ccc(CN(C(=O)Nc2ccc(C#CCc3ccccc3)cc2)C2CCCC2)o1. The van der Waals surface area contributed by atoms with Gasteiger partial charge in [-0.2, -0.15) is 0 Å². The minimum absolute atomic E-state index is 0.0798. The van der Waals surface area contributed by atoms with E-state index in [4.69, 9.17) is 4.42 Å². The van der Waals surface area contributed by atoms with Gasteiger partial charge >= 0.3 is 6.03 Å². The van der Waals surface area contributed by atoms with Crippen LogP contribution in [-0.2, 0) is 13.0 Å². The van der Waals surface area contributed by atoms with E-state index in [-0.39, 0.29) is 12.1 Å². The van der Waals surface area contributed by atoms with Gasteiger partial charge in [0.2, 0.25) is 0 Å². The van der Waals surface area contributed by atoms with E-state index in [9.17, 15) is 4.79 Å². The normalized spacial score (nSPS) is 13.5. The van der Waals surface area contributed by atoms with Gasteiger partial charge in [-0.15, -0.1) is 0 Å². The molecule has 1 fully saturated rings. The summed E-state index contributed by atoms with van der Waals surface area (Å²) in [7, 11) is 0. The Morgan fingerprint density at radius 2 is 1.77 bits per heavy atom. The third-order valence-electron chi connectivity index (χ3n) is 5.65. The standard InChI is InChI=1S/C27H28N2O2/c1-21-14-19-26(31-21)20-29(25-12-5-6-13-25)27(30)28-24-17-15-23(16-18-24)11-7-10-22-8-3-2-4-9-22/h2-4,8-9,14-19,25H,5-6,10,12-13,20H2,1H3,(H,28,30). The Morgan fingerprint density at radius 3 is 2.45 bits per heavy atom. The molecule has 1 saturated carbocycles. The highest BCUT2D eigenvalue weighted by Crippen LogP contribution is 2.26. The average molecular weight is 413 g/mol. The molecule has 0 atom stereocenters. The maximum Gasteiger partial charge on any atom is 0.322 e. The highest BCUT2D eigenvalue weighted by Gasteiger charge is 2.27. The molecule has 0 aliphatic heterocycles. The number of urea groups is 1. The van der Waals surface area contributed by atoms with Gasteiger partial charge in [-0.25, -0.2) is 4.79 Å². The van der Waals surface area contributed by atoms with Crippen LogP contribution in [0.15, 0.2) is 71.1 Å². The molecule has 0 radical (unpaired) electrons. The van der Waals surface area contributed by atoms with Crippen molar-refractivity contribution in [2.75, 3.05) is 5.32 Å². The quantitative estimate of drug-likeness (QED) is 0.510. The molecule has 1 aromatic heterocycles. The lowest BCUT2D eigenvalue weighted by Crippen LogP contribution is -2.41. The second-order valence-corrected chi connectivity index (χ2v) is 8.05. The van der Waals surface area contributed by atoms with Gasteiger partial charge in [-0.3, -0.25) is 0 Å². The Balaban J connectivity index is 1.39. The monoisotopic (exact) mass is 412 g/mol. The summed E-state index contributed by atoms with van der Waals surface area (Å²) < 4.78 is 5.72. The molecule has 4 heteroatoms. The second-order valence-electron chi connectivity index (χ2n) is 8.05. The van der Waals surface area contributed by atoms with Crippen molar-refractivity contribution in [3.63, 3.8) is 0 Å². The van der Waals surface area contributed by atoms with Crippen molar-refractivity contribution in [1.82, 2.24) is 4.90 Å². The fraction of sp³-hybridized carbons (Fsp3) is 0.296. The largest absolute Gasteiger partial charge is 0.464 e. The molecule has 1 heterocycles. The van der Waals surface area contributed by atoms with E-state index >= 15 is 0 Å². The van der Waals surface area contributed by atoms with Gasteiger partial charge in [0.1, 0.15) is 11.5 Å². The van der Waals surface area contributed by atoms with E-state index in [2.05, 4.69) is 29.3 Å². The molecule has 4 rings (SSSR count). The molecule has 0 unspecified atom stereocenters. The van der Waals surface area contributed by atoms with E-state index in [0.717, 1.165) is 42.0 Å². The van der Waals surface area contributed by atoms with Gasteiger partial charge in [0.05, 0.1) is 6.54 Å². The zero-order valence-electron chi connectivity index (χ0n) is 17.9. The van der Waals surface area contributed by atoms with Crippen LogP contribution < -0.4 is 5.32 Å². The number of nitrogens with one attached hydrogen (secondary N) is 1. The van der Waals surface area contributed by atoms with Crippen LogP contribution in [0.5, 0.6) is 0 Å². The van der Waals surface area contributed by atoms with Crippen LogP contribution in [0.2, 0.25) is 0 Å². The summed E-state index contributed by atoms with van der Waals surface area (Å²) >= 11 is 0. The first-order valence-electron chi connectivity index (χ1n) is 10.9. The molecule has 4 nitrogen and oxygen atoms in total. The lowest BCUT2D eigenvalue weighted by Gasteiger charge is -2.28. The number of hydrogen-bond donors (Lipinski definition) is 1. The maximum atomic E-state index is 13.1. The van der Waals surface area contributed by atoms with Crippen molar-refractivity contribution >= 4 is 11.7 Å². The Hall–Kier alpha value is -3.45. The lowest BCUT2D eigenvalue weighted by molar-refractivity contribution is 0.178. The molecule has 0 bridgehead atoms. The van der Waals surface area contributed by atoms with Crippen molar-refractivity contribution in [2.24, 2.45) is 0 Å². The average Bonchev–Trinajstić information content (AvgIpc) is 3.46. The fourth-order valence-electron chi connectivity index (χ4n) is 4.00. The minimum Gasteiger partial charge on any atom is -0.464 e. The number of amides is 2. The van der Waals surface area contributed by atoms with E-state index < -0.39 is 0 Å². The molecule has 31 heavy (non-hydrogen) atoms. The molecule has 2 aromatic carbocycles. The van der Waals surface area contributed by atoms with Gasteiger partial charge in [0.15, 0.2) is 0 Å². The summed E-state index contributed by atoms with van der Waals surface area (Å²) in [6.07, 6.45) is 5.15. The highest BCUT2D eigenvalue weighted by atomic mass is 16.3. The number of rotatable bonds is 5. The summed E-state index contributed by atoms with van der Waals surface area (Å²) in [5.41, 5.74) is 2.92. The van der Waals surface area contributed by atoms with Crippen molar-refractivity contribution in [3.05, 3.63) is 89.4 Å². The zero-order valence-corrected chi connectivity index (χ0v) is 17.9. The van der Waals surface area contributed by atoms with Crippen molar-refractivity contribution < 1.29 is 9.21 Å². The van der Waals surface area contributed by atoms with Gasteiger partial charge in [-0.05, 0) is 61.7 Å². The number of furan rings is 1. The van der Waals surface area contributed by atoms with Crippen LogP contribution in [0.1, 0.15) is 48.3 Å². The zero-order chi connectivity index (χ0) is 21.5. The Bertz CT molecular complexity index is 1050. The topological polar surface area (TPSA) is 45.5 Å². The molecule has 1 aliphatic carbocycles. The molecule has 0 spiro atoms. The molecular formula is C27H28N2O2. The second kappa shape index (κ2) is 10.0. The number of aryl methyl sites for hydroxylation is 1. The molecule has 3 aromatic rings. The van der Waals surface area contributed by atoms with Crippen LogP contribution >= 0.6 is 0 Å². The highest BCUT2D eigenvalue weighted by molar-refractivity contribution is 5.89. The van der Waals surface area contributed by atoms with Crippen molar-refractivity contribution in [2.45, 2.75) is 51.6 Å². The number of carbonyl (C=O) groups is 1. The van der Waals surface area contributed by atoms with Crippen molar-refractivity contribution in [1.29, 1.82) is 0 Å². The van der Waals surface area contributed by atoms with Crippen LogP contribution in [0.25, 0.3) is 0 Å². The Kier molecular flexibility index (Phi) is 6.74. The first kappa shape index (κ1) is 20.8. The minimum atomic E-state index is -0.0798. The fourth-order valence-corrected chi connectivity index (χ4v) is 4.00. The van der Waals surface area contributed by atoms with E-state index in [1.54, 1.807) is 0 Å². The maximum absolute atomic E-state index is 13.1. The van der Waals surface area contributed by atoms with Crippen LogP contribution in [-0.4, -0.2) is 17.0 Å². The molecule has 0 saturated heterocycles. The number of hydrogen-bond acceptors (Lipinski definition) is 2. The van der Waals surface area contributed by atoms with Gasteiger partial charge in [0, 0.05) is 23.7 Å². The first-order chi connectivity index (χ1) is 15.2. The van der Waals surface area contributed by atoms with E-state index in [0.29, 0.717) is 6.54 Å². The summed E-state index contributed by atoms with van der Waals surface area (Å²) in [6, 6.07) is 22.0. The van der Waals surface area contributed by atoms with Crippen molar-refractivity contribution in [3.8, 4) is 11.8 Å². The number of benzene rings is 2. The van der Waals surface area contributed by atoms with E-state index in [1.165, 1.54) is 18.4 Å². The number of carbonyl (C=O) groups excluding carboxylic acids is 1. The first-order valence-corrected chi connectivity index (χ1v) is 10.9. The summed E-state index contributed by atoms with van der Waals surface area (Å²) in [5.74, 6) is 8.09. The molecule has 158 valence electrons. The van der Waals surface area contributed by atoms with Gasteiger partial charge < -0.3 is 14.6 Å². The molecule has 1 aliphatic rings. The lowest BCUT2D eigenvalue weighted by atomic mass is 10.1. The predicted molar refractivity (Wildman–Crippen MR) is 124 cm³/mol. The van der Waals surface area contributed by atoms with Gasteiger partial charge in [-0.1, -0.05) is 55.0 Å². The van der Waals surface area contributed by atoms with Gasteiger partial charge in [0.25, 0.3) is 0 Å². The molecule has 2 amide bonds. The molecule has 1 N–H and O–H groups in total. The number of nitrogens with zero attached hydrogens (tertiary/aromatic N) is 1. The van der Waals surface area contributed by atoms with Crippen LogP contribution in [0.4, 0.5) is 10.5 Å². The number of anilines is 1. The Morgan fingerprint density at radius 1 is 1.03 bits per heavy atom. The third kappa shape index (κ3) is 5.79. The summed E-state index contributed by atoms with van der Waals surface area (Å²) in [6.45, 7) is 2.42. The molecular weight excluding hydrogens is 384 g/mol. The predicted octanol–water partition coefficient (Wildman–Crippen LogP) is 6.16. The van der Waals surface area contributed by atoms with Crippen LogP contribution in [0, 0.1) is 18.8 Å². The van der Waals surface area contributed by atoms with Crippen LogP contribution in [0.3, 0.4) is 0 Å². The summed E-state index contributed by atoms with van der Waals surface area (Å²) in [5, 5.41) is 3.05. The summed E-state index contributed by atoms with van der Waals surface area (Å²) in [4.78, 5) is 15.0. The smallest absolute Gasteiger partial charge is 0.322 e. The Labute approximate surface area is 184 Å². The third-order valence-corrected chi connectivity index (χ3v) is 5.65.